The number of nitrogens with one attached hydrogen (secondary N) is 1. The van der Waals surface area contributed by atoms with Gasteiger partial charge in [-0.25, -0.2) is 4.98 Å². The van der Waals surface area contributed by atoms with E-state index in [1.165, 1.54) is 21.1 Å². The van der Waals surface area contributed by atoms with Gasteiger partial charge in [0.25, 0.3) is 0 Å². The second-order valence-corrected chi connectivity index (χ2v) is 14.5. The van der Waals surface area contributed by atoms with Gasteiger partial charge in [0.05, 0.1) is 23.8 Å². The Morgan fingerprint density at radius 1 is 1.07 bits per heavy atom. The summed E-state index contributed by atoms with van der Waals surface area (Å²) in [5, 5.41) is 27.9. The Morgan fingerprint density at radius 3 is 2.33 bits per heavy atom. The van der Waals surface area contributed by atoms with Crippen LogP contribution in [-0.2, 0) is 20.8 Å². The fourth-order valence-corrected chi connectivity index (χ4v) is 6.93. The standard InChI is InChI=1S/C35H55N5O5S/c1-23(2)16-30(41)33(44)29(17-25-12-8-6-9-13-25)40(21-32(43)39(4)5)34(45)27(18-28-22-46-35(36)38-28)19-31(42)37-20-24(3)26-14-10-7-11-15-26/h7,10-11,14-15,22-25,27,29-30,33,41,44H,6,8-9,12-13,16-21H2,1-5H3,(H2,36,38)(H,37,42)/t24-,27-,29+,30+,33-/m1/s1. The van der Waals surface area contributed by atoms with Crippen LogP contribution in [0.15, 0.2) is 35.7 Å². The first-order valence-electron chi connectivity index (χ1n) is 16.7. The molecule has 0 radical (unpaired) electrons. The average Bonchev–Trinajstić information content (AvgIpc) is 3.45. The van der Waals surface area contributed by atoms with E-state index in [-0.39, 0.29) is 49.0 Å². The normalized spacial score (nSPS) is 17.1. The maximum atomic E-state index is 14.7. The molecule has 0 saturated heterocycles. The van der Waals surface area contributed by atoms with Gasteiger partial charge in [-0.15, -0.1) is 11.3 Å². The highest BCUT2D eigenvalue weighted by atomic mass is 32.1. The molecular formula is C35H55N5O5S. The Hall–Kier alpha value is -3.02. The molecular weight excluding hydrogens is 602 g/mol. The van der Waals surface area contributed by atoms with Crippen molar-refractivity contribution in [3.63, 3.8) is 0 Å². The van der Waals surface area contributed by atoms with Gasteiger partial charge in [-0.2, -0.15) is 0 Å². The highest BCUT2D eigenvalue weighted by molar-refractivity contribution is 7.13. The first kappa shape index (κ1) is 37.4. The van der Waals surface area contributed by atoms with Crippen LogP contribution in [0, 0.1) is 17.8 Å². The predicted molar refractivity (Wildman–Crippen MR) is 183 cm³/mol. The van der Waals surface area contributed by atoms with Gasteiger partial charge in [0.15, 0.2) is 5.13 Å². The third-order valence-electron chi connectivity index (χ3n) is 9.07. The van der Waals surface area contributed by atoms with Crippen molar-refractivity contribution < 1.29 is 24.6 Å². The maximum Gasteiger partial charge on any atom is 0.241 e. The third-order valence-corrected chi connectivity index (χ3v) is 9.79. The quantitative estimate of drug-likeness (QED) is 0.199. The monoisotopic (exact) mass is 657 g/mol. The first-order chi connectivity index (χ1) is 21.8. The Balaban J connectivity index is 1.93. The smallest absolute Gasteiger partial charge is 0.241 e. The number of carbonyl (C=O) groups is 3. The molecule has 3 amide bonds. The van der Waals surface area contributed by atoms with Gasteiger partial charge >= 0.3 is 0 Å². The van der Waals surface area contributed by atoms with Crippen LogP contribution in [0.2, 0.25) is 0 Å². The number of hydrogen-bond donors (Lipinski definition) is 4. The fourth-order valence-electron chi connectivity index (χ4n) is 6.35. The van der Waals surface area contributed by atoms with Crippen molar-refractivity contribution in [2.24, 2.45) is 17.8 Å². The highest BCUT2D eigenvalue weighted by Gasteiger charge is 2.40. The van der Waals surface area contributed by atoms with E-state index in [2.05, 4.69) is 10.3 Å². The molecule has 5 atom stereocenters. The van der Waals surface area contributed by atoms with E-state index in [0.717, 1.165) is 37.7 Å². The van der Waals surface area contributed by atoms with E-state index in [4.69, 9.17) is 5.73 Å². The summed E-state index contributed by atoms with van der Waals surface area (Å²) in [6.07, 6.45) is 3.77. The number of amides is 3. The largest absolute Gasteiger partial charge is 0.390 e. The number of aliphatic hydroxyl groups excluding tert-OH is 2. The molecule has 1 aliphatic carbocycles. The van der Waals surface area contributed by atoms with Gasteiger partial charge in [-0.1, -0.05) is 83.2 Å². The number of aliphatic hydroxyl groups is 2. The molecule has 1 aromatic heterocycles. The van der Waals surface area contributed by atoms with Crippen molar-refractivity contribution in [3.8, 4) is 0 Å². The van der Waals surface area contributed by atoms with Crippen LogP contribution in [0.5, 0.6) is 0 Å². The van der Waals surface area contributed by atoms with Gasteiger partial charge in [0, 0.05) is 38.9 Å². The molecule has 10 nitrogen and oxygen atoms in total. The number of carbonyl (C=O) groups excluding carboxylic acids is 3. The third kappa shape index (κ3) is 11.7. The molecule has 1 aliphatic rings. The molecule has 0 unspecified atom stereocenters. The molecule has 5 N–H and O–H groups in total. The lowest BCUT2D eigenvalue weighted by molar-refractivity contribution is -0.151. The zero-order valence-electron chi connectivity index (χ0n) is 28.2. The summed E-state index contributed by atoms with van der Waals surface area (Å²) in [6.45, 7) is 6.11. The van der Waals surface area contributed by atoms with Gasteiger partial charge in [0.2, 0.25) is 17.7 Å². The minimum atomic E-state index is -1.25. The molecule has 1 heterocycles. The van der Waals surface area contributed by atoms with Crippen LogP contribution < -0.4 is 11.1 Å². The van der Waals surface area contributed by atoms with E-state index in [1.54, 1.807) is 19.5 Å². The molecule has 0 bridgehead atoms. The Labute approximate surface area is 278 Å². The summed E-state index contributed by atoms with van der Waals surface area (Å²) in [5.41, 5.74) is 7.60. The number of aromatic nitrogens is 1. The summed E-state index contributed by atoms with van der Waals surface area (Å²) < 4.78 is 0. The molecule has 0 spiro atoms. The molecule has 2 aromatic rings. The zero-order chi connectivity index (χ0) is 33.8. The SMILES string of the molecule is CC(C)C[C@H](O)[C@H](O)[C@H](CC1CCCCC1)N(CC(=O)N(C)C)C(=O)[C@@H](CC(=O)NC[C@@H](C)c1ccccc1)Cc1csc(N)n1. The maximum absolute atomic E-state index is 14.7. The van der Waals surface area contributed by atoms with Crippen molar-refractivity contribution in [2.45, 2.75) is 103 Å². The number of nitrogen functional groups attached to an aromatic ring is 1. The number of benzene rings is 1. The molecule has 11 heteroatoms. The lowest BCUT2D eigenvalue weighted by atomic mass is 9.81. The minimum absolute atomic E-state index is 0.0734. The van der Waals surface area contributed by atoms with Crippen molar-refractivity contribution in [1.82, 2.24) is 20.1 Å². The molecule has 256 valence electrons. The number of thiazole rings is 1. The summed E-state index contributed by atoms with van der Waals surface area (Å²) in [4.78, 5) is 48.5. The number of anilines is 1. The summed E-state index contributed by atoms with van der Waals surface area (Å²) in [6, 6.07) is 9.10. The first-order valence-corrected chi connectivity index (χ1v) is 17.6. The average molecular weight is 658 g/mol. The Morgan fingerprint density at radius 2 is 1.74 bits per heavy atom. The lowest BCUT2D eigenvalue weighted by Crippen LogP contribution is -2.56. The molecule has 0 aliphatic heterocycles. The lowest BCUT2D eigenvalue weighted by Gasteiger charge is -2.41. The molecule has 1 aromatic carbocycles. The summed E-state index contributed by atoms with van der Waals surface area (Å²) in [5.74, 6) is -1.40. The Bertz CT molecular complexity index is 1230. The van der Waals surface area contributed by atoms with E-state index < -0.39 is 30.1 Å². The van der Waals surface area contributed by atoms with Crippen LogP contribution >= 0.6 is 11.3 Å². The van der Waals surface area contributed by atoms with Crippen molar-refractivity contribution in [1.29, 1.82) is 0 Å². The van der Waals surface area contributed by atoms with Gasteiger partial charge in [-0.05, 0) is 36.2 Å². The number of nitrogens with zero attached hydrogens (tertiary/aromatic N) is 3. The van der Waals surface area contributed by atoms with Crippen LogP contribution in [-0.4, -0.2) is 88.2 Å². The van der Waals surface area contributed by atoms with E-state index in [9.17, 15) is 24.6 Å². The number of likely N-dealkylation sites (N-methyl/N-ethyl adjacent to an activating group) is 1. The Kier molecular flexibility index (Phi) is 14.9. The van der Waals surface area contributed by atoms with Gasteiger partial charge < -0.3 is 31.1 Å². The second-order valence-electron chi connectivity index (χ2n) is 13.6. The minimum Gasteiger partial charge on any atom is -0.390 e. The summed E-state index contributed by atoms with van der Waals surface area (Å²) in [7, 11) is 3.25. The molecule has 46 heavy (non-hydrogen) atoms. The predicted octanol–water partition coefficient (Wildman–Crippen LogP) is 4.22. The van der Waals surface area contributed by atoms with Crippen molar-refractivity contribution in [2.75, 3.05) is 32.9 Å². The fraction of sp³-hybridized carbons (Fsp3) is 0.657. The van der Waals surface area contributed by atoms with Crippen LogP contribution in [0.3, 0.4) is 0 Å². The van der Waals surface area contributed by atoms with E-state index >= 15 is 0 Å². The zero-order valence-corrected chi connectivity index (χ0v) is 29.0. The van der Waals surface area contributed by atoms with E-state index in [0.29, 0.717) is 30.2 Å². The molecule has 1 saturated carbocycles. The molecule has 1 fully saturated rings. The number of hydrogen-bond acceptors (Lipinski definition) is 8. The van der Waals surface area contributed by atoms with Gasteiger partial charge in [-0.3, -0.25) is 14.4 Å². The van der Waals surface area contributed by atoms with Gasteiger partial charge in [0.1, 0.15) is 12.6 Å². The second kappa shape index (κ2) is 18.4. The topological polar surface area (TPSA) is 149 Å². The number of nitrogens with two attached hydrogens (primary N) is 1. The highest BCUT2D eigenvalue weighted by Crippen LogP contribution is 2.32. The van der Waals surface area contributed by atoms with E-state index in [1.807, 2.05) is 51.1 Å². The number of rotatable bonds is 17. The summed E-state index contributed by atoms with van der Waals surface area (Å²) >= 11 is 1.26. The van der Waals surface area contributed by atoms with Crippen molar-refractivity contribution in [3.05, 3.63) is 47.0 Å². The van der Waals surface area contributed by atoms with Crippen LogP contribution in [0.25, 0.3) is 0 Å². The van der Waals surface area contributed by atoms with Crippen LogP contribution in [0.4, 0.5) is 5.13 Å². The molecule has 3 rings (SSSR count). The van der Waals surface area contributed by atoms with Crippen LogP contribution in [0.1, 0.15) is 89.3 Å². The van der Waals surface area contributed by atoms with Crippen molar-refractivity contribution >= 4 is 34.2 Å².